The van der Waals surface area contributed by atoms with E-state index >= 15 is 0 Å². The molecule has 0 spiro atoms. The second kappa shape index (κ2) is 16.7. The molecule has 3 aromatic carbocycles. The SMILES string of the molecule is C1CCOC1.N#Cc1cnc2cc(O)c(NC(=O)/C=C/CN3CCCCC3)cc2c1Nc1ccc(OCc2cccc(F)c2)c(Cl)c1. The number of hydrogen-bond acceptors (Lipinski definition) is 8. The summed E-state index contributed by atoms with van der Waals surface area (Å²) in [5.41, 5.74) is 2.54. The van der Waals surface area contributed by atoms with Crippen LogP contribution in [0.2, 0.25) is 5.02 Å². The number of fused-ring (bicyclic) bond motifs is 1. The zero-order chi connectivity index (χ0) is 33.0. The van der Waals surface area contributed by atoms with E-state index in [4.69, 9.17) is 21.1 Å². The van der Waals surface area contributed by atoms with Gasteiger partial charge in [-0.25, -0.2) is 4.39 Å². The van der Waals surface area contributed by atoms with Gasteiger partial charge in [-0.2, -0.15) is 5.26 Å². The summed E-state index contributed by atoms with van der Waals surface area (Å²) < 4.78 is 24.2. The van der Waals surface area contributed by atoms with Gasteiger partial charge in [0.15, 0.2) is 0 Å². The van der Waals surface area contributed by atoms with Crippen molar-refractivity contribution in [3.05, 3.63) is 94.9 Å². The highest BCUT2D eigenvalue weighted by atomic mass is 35.5. The number of phenols is 1. The number of likely N-dealkylation sites (tertiary alicyclic amines) is 1. The number of nitriles is 1. The van der Waals surface area contributed by atoms with Crippen LogP contribution in [0.4, 0.5) is 21.5 Å². The summed E-state index contributed by atoms with van der Waals surface area (Å²) in [6.07, 6.45) is 10.8. The molecule has 2 fully saturated rings. The number of halogens is 2. The van der Waals surface area contributed by atoms with Crippen LogP contribution in [0.3, 0.4) is 0 Å². The van der Waals surface area contributed by atoms with Gasteiger partial charge in [0.2, 0.25) is 5.91 Å². The normalized spacial score (nSPS) is 14.7. The Hall–Kier alpha value is -4.69. The number of piperidine rings is 1. The zero-order valence-electron chi connectivity index (χ0n) is 26.0. The smallest absolute Gasteiger partial charge is 0.248 e. The lowest BCUT2D eigenvalue weighted by Crippen LogP contribution is -2.29. The van der Waals surface area contributed by atoms with Gasteiger partial charge in [0.25, 0.3) is 0 Å². The number of nitrogens with one attached hydrogen (secondary N) is 2. The number of nitrogens with zero attached hydrogens (tertiary/aromatic N) is 3. The number of aromatic hydroxyl groups is 1. The van der Waals surface area contributed by atoms with Crippen molar-refractivity contribution in [3.8, 4) is 17.6 Å². The van der Waals surface area contributed by atoms with Crippen LogP contribution in [-0.2, 0) is 16.1 Å². The molecule has 2 aliphatic rings. The molecular formula is C36H37ClFN5O4. The minimum absolute atomic E-state index is 0.142. The quantitative estimate of drug-likeness (QED) is 0.124. The van der Waals surface area contributed by atoms with Crippen molar-refractivity contribution in [1.82, 2.24) is 9.88 Å². The van der Waals surface area contributed by atoms with Gasteiger partial charge in [0.05, 0.1) is 27.5 Å². The van der Waals surface area contributed by atoms with E-state index in [0.717, 1.165) is 26.3 Å². The summed E-state index contributed by atoms with van der Waals surface area (Å²) in [6, 6.07) is 16.3. The first-order chi connectivity index (χ1) is 22.9. The molecule has 0 atom stereocenters. The fourth-order valence-corrected chi connectivity index (χ4v) is 5.55. The van der Waals surface area contributed by atoms with Crippen LogP contribution in [-0.4, -0.2) is 53.7 Å². The van der Waals surface area contributed by atoms with E-state index in [1.165, 1.54) is 62.6 Å². The van der Waals surface area contributed by atoms with Gasteiger partial charge in [0.1, 0.15) is 30.0 Å². The Morgan fingerprint density at radius 3 is 2.62 bits per heavy atom. The number of anilines is 3. The van der Waals surface area contributed by atoms with Gasteiger partial charge in [-0.1, -0.05) is 36.2 Å². The van der Waals surface area contributed by atoms with Gasteiger partial charge in [-0.3, -0.25) is 14.7 Å². The fraction of sp³-hybridized carbons (Fsp3) is 0.306. The molecule has 3 heterocycles. The number of ether oxygens (including phenoxy) is 2. The molecule has 0 aliphatic carbocycles. The van der Waals surface area contributed by atoms with Crippen molar-refractivity contribution in [2.75, 3.05) is 43.5 Å². The number of aromatic nitrogens is 1. The number of hydrogen-bond donors (Lipinski definition) is 3. The van der Waals surface area contributed by atoms with E-state index in [1.54, 1.807) is 36.4 Å². The Balaban J connectivity index is 0.000000792. The average molecular weight is 658 g/mol. The Kier molecular flexibility index (Phi) is 12.0. The standard InChI is InChI=1S/C32H29ClFN5O3.C4H8O/c33-26-15-24(9-10-30(26)42-20-21-6-4-7-23(34)14-21)37-32-22(18-35)19-36-27-17-29(40)28(16-25(27)32)38-31(41)8-5-13-39-11-2-1-3-12-39;1-2-4-5-3-1/h4-10,14-17,19,40H,1-3,11-13,20H2,(H,36,37)(H,38,41);1-4H2/b8-5+;. The third-order valence-corrected chi connectivity index (χ3v) is 8.05. The maximum absolute atomic E-state index is 13.5. The van der Waals surface area contributed by atoms with E-state index in [-0.39, 0.29) is 35.3 Å². The van der Waals surface area contributed by atoms with Gasteiger partial charge >= 0.3 is 0 Å². The van der Waals surface area contributed by atoms with Crippen LogP contribution in [0.1, 0.15) is 43.2 Å². The molecule has 244 valence electrons. The molecule has 0 bridgehead atoms. The number of carbonyl (C=O) groups excluding carboxylic acids is 1. The van der Waals surface area contributed by atoms with Crippen molar-refractivity contribution in [3.63, 3.8) is 0 Å². The lowest BCUT2D eigenvalue weighted by atomic mass is 10.1. The first-order valence-electron chi connectivity index (χ1n) is 15.7. The third kappa shape index (κ3) is 9.66. The number of amides is 1. The van der Waals surface area contributed by atoms with Gasteiger partial charge in [0, 0.05) is 49.2 Å². The van der Waals surface area contributed by atoms with Gasteiger partial charge in [-0.15, -0.1) is 0 Å². The molecular weight excluding hydrogens is 621 g/mol. The molecule has 0 unspecified atom stereocenters. The molecule has 47 heavy (non-hydrogen) atoms. The molecule has 6 rings (SSSR count). The minimum Gasteiger partial charge on any atom is -0.506 e. The second-order valence-corrected chi connectivity index (χ2v) is 11.7. The topological polar surface area (TPSA) is 120 Å². The zero-order valence-corrected chi connectivity index (χ0v) is 26.7. The first kappa shape index (κ1) is 33.7. The lowest BCUT2D eigenvalue weighted by Gasteiger charge is -2.24. The summed E-state index contributed by atoms with van der Waals surface area (Å²) in [5.74, 6) is -0.456. The molecule has 11 heteroatoms. The van der Waals surface area contributed by atoms with Crippen molar-refractivity contribution in [2.24, 2.45) is 0 Å². The monoisotopic (exact) mass is 657 g/mol. The molecule has 0 radical (unpaired) electrons. The largest absolute Gasteiger partial charge is 0.506 e. The summed E-state index contributed by atoms with van der Waals surface area (Å²) in [6.45, 7) is 4.88. The van der Waals surface area contributed by atoms with Crippen molar-refractivity contribution in [1.29, 1.82) is 5.26 Å². The summed E-state index contributed by atoms with van der Waals surface area (Å²) in [4.78, 5) is 19.2. The highest BCUT2D eigenvalue weighted by Gasteiger charge is 2.15. The first-order valence-corrected chi connectivity index (χ1v) is 16.0. The second-order valence-electron chi connectivity index (χ2n) is 11.3. The number of benzene rings is 3. The van der Waals surface area contributed by atoms with Crippen LogP contribution in [0.15, 0.2) is 72.9 Å². The van der Waals surface area contributed by atoms with Crippen molar-refractivity contribution < 1.29 is 23.8 Å². The number of pyridine rings is 1. The summed E-state index contributed by atoms with van der Waals surface area (Å²) >= 11 is 6.47. The average Bonchev–Trinajstić information content (AvgIpc) is 3.66. The predicted molar refractivity (Wildman–Crippen MR) is 182 cm³/mol. The number of phenolic OH excluding ortho intramolecular Hbond substituents is 1. The van der Waals surface area contributed by atoms with Crippen LogP contribution < -0.4 is 15.4 Å². The molecule has 2 saturated heterocycles. The Bertz CT molecular complexity index is 1760. The van der Waals surface area contributed by atoms with Crippen LogP contribution in [0, 0.1) is 17.1 Å². The van der Waals surface area contributed by atoms with Crippen molar-refractivity contribution in [2.45, 2.75) is 38.7 Å². The van der Waals surface area contributed by atoms with E-state index in [0.29, 0.717) is 45.2 Å². The highest BCUT2D eigenvalue weighted by Crippen LogP contribution is 2.37. The van der Waals surface area contributed by atoms with E-state index in [2.05, 4.69) is 26.6 Å². The Morgan fingerprint density at radius 2 is 1.91 bits per heavy atom. The predicted octanol–water partition coefficient (Wildman–Crippen LogP) is 7.70. The molecule has 4 aromatic rings. The molecule has 3 N–H and O–H groups in total. The van der Waals surface area contributed by atoms with Crippen LogP contribution >= 0.6 is 11.6 Å². The van der Waals surface area contributed by atoms with E-state index < -0.39 is 0 Å². The summed E-state index contributed by atoms with van der Waals surface area (Å²) in [7, 11) is 0. The van der Waals surface area contributed by atoms with Crippen molar-refractivity contribution >= 4 is 45.5 Å². The number of carbonyl (C=O) groups is 1. The maximum Gasteiger partial charge on any atom is 0.248 e. The van der Waals surface area contributed by atoms with Crippen LogP contribution in [0.25, 0.3) is 10.9 Å². The Morgan fingerprint density at radius 1 is 1.11 bits per heavy atom. The summed E-state index contributed by atoms with van der Waals surface area (Å²) in [5, 5.41) is 27.1. The van der Waals surface area contributed by atoms with Gasteiger partial charge < -0.3 is 25.2 Å². The fourth-order valence-electron chi connectivity index (χ4n) is 5.31. The number of rotatable bonds is 9. The lowest BCUT2D eigenvalue weighted by molar-refractivity contribution is -0.111. The minimum atomic E-state index is -0.374. The molecule has 1 amide bonds. The Labute approximate surface area is 278 Å². The molecule has 9 nitrogen and oxygen atoms in total. The molecule has 0 saturated carbocycles. The molecule has 2 aliphatic heterocycles. The molecule has 1 aromatic heterocycles. The van der Waals surface area contributed by atoms with E-state index in [1.807, 2.05) is 6.08 Å². The van der Waals surface area contributed by atoms with Crippen LogP contribution in [0.5, 0.6) is 11.5 Å². The highest BCUT2D eigenvalue weighted by molar-refractivity contribution is 6.32. The third-order valence-electron chi connectivity index (χ3n) is 7.76. The van der Waals surface area contributed by atoms with Gasteiger partial charge in [-0.05, 0) is 80.7 Å². The van der Waals surface area contributed by atoms with E-state index in [9.17, 15) is 19.6 Å². The maximum atomic E-state index is 13.5.